The molecule has 0 amide bonds. The minimum absolute atomic E-state index is 0.0825. The summed E-state index contributed by atoms with van der Waals surface area (Å²) in [6, 6.07) is 1.43. The Labute approximate surface area is 105 Å². The van der Waals surface area contributed by atoms with Crippen LogP contribution < -0.4 is 16.4 Å². The van der Waals surface area contributed by atoms with Crippen LogP contribution >= 0.6 is 11.6 Å². The maximum absolute atomic E-state index is 14.0. The highest BCUT2D eigenvalue weighted by molar-refractivity contribution is 6.33. The molecule has 0 atom stereocenters. The molecule has 0 aromatic heterocycles. The Hall–Kier alpha value is -1.20. The zero-order valence-electron chi connectivity index (χ0n) is 9.71. The van der Waals surface area contributed by atoms with Gasteiger partial charge in [0.1, 0.15) is 5.02 Å². The van der Waals surface area contributed by atoms with Crippen molar-refractivity contribution in [2.45, 2.75) is 13.3 Å². The number of anilines is 3. The van der Waals surface area contributed by atoms with Gasteiger partial charge in [-0.1, -0.05) is 18.5 Å². The molecule has 0 aliphatic rings. The summed E-state index contributed by atoms with van der Waals surface area (Å²) in [6.45, 7) is 2.76. The number of rotatable bonds is 5. The van der Waals surface area contributed by atoms with Gasteiger partial charge in [0, 0.05) is 13.1 Å². The van der Waals surface area contributed by atoms with Crippen LogP contribution in [0, 0.1) is 5.82 Å². The monoisotopic (exact) mass is 261 g/mol. The van der Waals surface area contributed by atoms with Crippen LogP contribution in [-0.4, -0.2) is 24.8 Å². The van der Waals surface area contributed by atoms with Crippen molar-refractivity contribution in [1.29, 1.82) is 0 Å². The summed E-state index contributed by atoms with van der Waals surface area (Å²) in [6.07, 6.45) is 0.806. The van der Waals surface area contributed by atoms with Gasteiger partial charge in [-0.05, 0) is 12.5 Å². The van der Waals surface area contributed by atoms with Crippen molar-refractivity contribution in [2.75, 3.05) is 36.1 Å². The molecule has 0 unspecified atom stereocenters. The number of nitrogens with zero attached hydrogens (tertiary/aromatic N) is 1. The van der Waals surface area contributed by atoms with Crippen molar-refractivity contribution in [1.82, 2.24) is 0 Å². The normalized spacial score (nSPS) is 10.6. The van der Waals surface area contributed by atoms with Gasteiger partial charge in [-0.2, -0.15) is 0 Å². The molecule has 0 bridgehead atoms. The lowest BCUT2D eigenvalue weighted by atomic mass is 10.2. The van der Waals surface area contributed by atoms with Crippen molar-refractivity contribution >= 4 is 28.7 Å². The van der Waals surface area contributed by atoms with Gasteiger partial charge in [0.05, 0.1) is 23.7 Å². The van der Waals surface area contributed by atoms with Crippen molar-refractivity contribution in [2.24, 2.45) is 0 Å². The fourth-order valence-electron chi connectivity index (χ4n) is 1.70. The lowest BCUT2D eigenvalue weighted by Crippen LogP contribution is -2.29. The van der Waals surface area contributed by atoms with E-state index in [-0.39, 0.29) is 28.7 Å². The first kappa shape index (κ1) is 13.9. The molecule has 0 fully saturated rings. The summed E-state index contributed by atoms with van der Waals surface area (Å²) >= 11 is 5.75. The number of aliphatic hydroxyl groups is 1. The Bertz CT molecular complexity index is 395. The second kappa shape index (κ2) is 5.93. The summed E-state index contributed by atoms with van der Waals surface area (Å²) in [5.41, 5.74) is 11.8. The third-order valence-electron chi connectivity index (χ3n) is 2.42. The highest BCUT2D eigenvalue weighted by Gasteiger charge is 2.19. The Kier molecular flexibility index (Phi) is 4.84. The number of benzene rings is 1. The third-order valence-corrected chi connectivity index (χ3v) is 2.80. The second-order valence-electron chi connectivity index (χ2n) is 3.74. The highest BCUT2D eigenvalue weighted by atomic mass is 35.5. The minimum Gasteiger partial charge on any atom is -0.397 e. The molecule has 0 saturated heterocycles. The molecule has 0 spiro atoms. The molecular weight excluding hydrogens is 245 g/mol. The average Bonchev–Trinajstić information content (AvgIpc) is 2.27. The average molecular weight is 262 g/mol. The zero-order valence-corrected chi connectivity index (χ0v) is 10.5. The van der Waals surface area contributed by atoms with E-state index in [2.05, 4.69) is 0 Å². The van der Waals surface area contributed by atoms with Crippen LogP contribution in [0.1, 0.15) is 13.3 Å². The Morgan fingerprint density at radius 3 is 2.53 bits per heavy atom. The van der Waals surface area contributed by atoms with Gasteiger partial charge in [0.15, 0.2) is 5.82 Å². The SMILES string of the molecule is CCCN(CCO)c1c(N)cc(N)c(Cl)c1F. The standard InChI is InChI=1S/C11H17ClFN3O/c1-2-3-16(4-5-17)11-8(15)6-7(14)9(12)10(11)13/h6,17H,2-5,14-15H2,1H3. The lowest BCUT2D eigenvalue weighted by molar-refractivity contribution is 0.301. The molecule has 1 aromatic rings. The summed E-state index contributed by atoms with van der Waals surface area (Å²) in [7, 11) is 0. The second-order valence-corrected chi connectivity index (χ2v) is 4.12. The Morgan fingerprint density at radius 2 is 2.00 bits per heavy atom. The summed E-state index contributed by atoms with van der Waals surface area (Å²) in [5, 5.41) is 8.84. The van der Waals surface area contributed by atoms with Gasteiger partial charge in [-0.25, -0.2) is 4.39 Å². The Balaban J connectivity index is 3.22. The molecule has 0 aliphatic carbocycles. The van der Waals surface area contributed by atoms with E-state index in [0.717, 1.165) is 6.42 Å². The number of nitrogens with two attached hydrogens (primary N) is 2. The molecule has 1 rings (SSSR count). The van der Waals surface area contributed by atoms with Crippen LogP contribution in [0.2, 0.25) is 5.02 Å². The van der Waals surface area contributed by atoms with Gasteiger partial charge in [0.25, 0.3) is 0 Å². The molecule has 0 radical (unpaired) electrons. The minimum atomic E-state index is -0.633. The lowest BCUT2D eigenvalue weighted by Gasteiger charge is -2.26. The first-order valence-corrected chi connectivity index (χ1v) is 5.79. The van der Waals surface area contributed by atoms with Crippen molar-refractivity contribution in [3.8, 4) is 0 Å². The zero-order chi connectivity index (χ0) is 13.0. The maximum Gasteiger partial charge on any atom is 0.169 e. The van der Waals surface area contributed by atoms with Gasteiger partial charge in [0.2, 0.25) is 0 Å². The largest absolute Gasteiger partial charge is 0.397 e. The van der Waals surface area contributed by atoms with E-state index in [1.54, 1.807) is 4.90 Å². The fourth-order valence-corrected chi connectivity index (χ4v) is 1.85. The van der Waals surface area contributed by atoms with Gasteiger partial charge in [-0.3, -0.25) is 0 Å². The fraction of sp³-hybridized carbons (Fsp3) is 0.455. The molecule has 5 N–H and O–H groups in total. The van der Waals surface area contributed by atoms with Crippen LogP contribution in [0.25, 0.3) is 0 Å². The molecule has 0 aliphatic heterocycles. The molecule has 17 heavy (non-hydrogen) atoms. The van der Waals surface area contributed by atoms with Crippen molar-refractivity contribution in [3.05, 3.63) is 16.9 Å². The third kappa shape index (κ3) is 2.92. The molecule has 4 nitrogen and oxygen atoms in total. The number of nitrogen functional groups attached to an aromatic ring is 2. The van der Waals surface area contributed by atoms with Crippen LogP contribution in [0.15, 0.2) is 6.07 Å². The van der Waals surface area contributed by atoms with Crippen LogP contribution in [0.4, 0.5) is 21.5 Å². The number of hydrogen-bond donors (Lipinski definition) is 3. The van der Waals surface area contributed by atoms with E-state index in [9.17, 15) is 4.39 Å². The van der Waals surface area contributed by atoms with E-state index in [0.29, 0.717) is 13.1 Å². The Morgan fingerprint density at radius 1 is 1.35 bits per heavy atom. The topological polar surface area (TPSA) is 75.5 Å². The predicted octanol–water partition coefficient (Wildman–Crippen LogP) is 1.85. The highest BCUT2D eigenvalue weighted by Crippen LogP contribution is 2.36. The van der Waals surface area contributed by atoms with Gasteiger partial charge < -0.3 is 21.5 Å². The molecule has 96 valence electrons. The molecule has 0 heterocycles. The van der Waals surface area contributed by atoms with Crippen LogP contribution in [0.3, 0.4) is 0 Å². The van der Waals surface area contributed by atoms with Gasteiger partial charge >= 0.3 is 0 Å². The van der Waals surface area contributed by atoms with E-state index in [4.69, 9.17) is 28.2 Å². The molecular formula is C11H17ClFN3O. The van der Waals surface area contributed by atoms with Crippen LogP contribution in [0.5, 0.6) is 0 Å². The smallest absolute Gasteiger partial charge is 0.169 e. The summed E-state index contributed by atoms with van der Waals surface area (Å²) < 4.78 is 14.0. The molecule has 6 heteroatoms. The number of hydrogen-bond acceptors (Lipinski definition) is 4. The molecule has 1 aromatic carbocycles. The van der Waals surface area contributed by atoms with E-state index in [1.165, 1.54) is 6.07 Å². The predicted molar refractivity (Wildman–Crippen MR) is 69.8 cm³/mol. The van der Waals surface area contributed by atoms with Crippen molar-refractivity contribution in [3.63, 3.8) is 0 Å². The first-order valence-electron chi connectivity index (χ1n) is 5.41. The van der Waals surface area contributed by atoms with E-state index >= 15 is 0 Å². The summed E-state index contributed by atoms with van der Waals surface area (Å²) in [4.78, 5) is 1.66. The quantitative estimate of drug-likeness (QED) is 0.707. The maximum atomic E-state index is 14.0. The van der Waals surface area contributed by atoms with Crippen molar-refractivity contribution < 1.29 is 9.50 Å². The number of halogens is 2. The first-order chi connectivity index (χ1) is 8.02. The molecule has 0 saturated carbocycles. The number of aliphatic hydroxyl groups excluding tert-OH is 1. The van der Waals surface area contributed by atoms with E-state index < -0.39 is 5.82 Å². The summed E-state index contributed by atoms with van der Waals surface area (Å²) in [5.74, 6) is -0.633. The van der Waals surface area contributed by atoms with Gasteiger partial charge in [-0.15, -0.1) is 0 Å². The van der Waals surface area contributed by atoms with Crippen LogP contribution in [-0.2, 0) is 0 Å². The van der Waals surface area contributed by atoms with E-state index in [1.807, 2.05) is 6.92 Å².